The third-order valence-electron chi connectivity index (χ3n) is 5.09. The van der Waals surface area contributed by atoms with E-state index in [2.05, 4.69) is 4.99 Å². The van der Waals surface area contributed by atoms with Crippen molar-refractivity contribution in [3.8, 4) is 0 Å². The summed E-state index contributed by atoms with van der Waals surface area (Å²) in [7, 11) is 0. The number of aliphatic imine (C=N–C) groups is 1. The van der Waals surface area contributed by atoms with Crippen molar-refractivity contribution in [3.63, 3.8) is 0 Å². The summed E-state index contributed by atoms with van der Waals surface area (Å²) in [5.41, 5.74) is 0.125. The molecule has 0 atom stereocenters. The molecule has 1 aliphatic heterocycles. The summed E-state index contributed by atoms with van der Waals surface area (Å²) in [6.07, 6.45) is -4.19. The van der Waals surface area contributed by atoms with Crippen molar-refractivity contribution < 1.29 is 27.5 Å². The molecule has 0 spiro atoms. The summed E-state index contributed by atoms with van der Waals surface area (Å²) in [6.45, 7) is 11.3. The largest absolute Gasteiger partial charge is 0.444 e. The number of aryl methyl sites for hydroxylation is 2. The zero-order valence-electron chi connectivity index (χ0n) is 19.6. The molecular weight excluding hydrogens is 423 g/mol. The number of piperazine rings is 1. The maximum atomic E-state index is 13.6. The fourth-order valence-electron chi connectivity index (χ4n) is 3.39. The lowest BCUT2D eigenvalue weighted by molar-refractivity contribution is -0.137. The summed E-state index contributed by atoms with van der Waals surface area (Å²) in [5.74, 6) is -0.227. The fraction of sp³-hybridized carbons (Fsp3) is 0.609. The molecule has 0 aromatic heterocycles. The molecule has 0 bridgehead atoms. The Morgan fingerprint density at radius 2 is 1.84 bits per heavy atom. The number of hydrogen-bond donors (Lipinski definition) is 0. The van der Waals surface area contributed by atoms with Gasteiger partial charge in [0.1, 0.15) is 12.1 Å². The molecule has 0 N–H and O–H groups in total. The fourth-order valence-corrected chi connectivity index (χ4v) is 3.39. The van der Waals surface area contributed by atoms with Crippen LogP contribution in [0, 0.1) is 6.92 Å². The van der Waals surface area contributed by atoms with Crippen LogP contribution in [-0.4, -0.2) is 59.3 Å². The summed E-state index contributed by atoms with van der Waals surface area (Å²) >= 11 is 0. The lowest BCUT2D eigenvalue weighted by Crippen LogP contribution is -2.53. The molecule has 1 aromatic rings. The van der Waals surface area contributed by atoms with Gasteiger partial charge in [0, 0.05) is 31.8 Å². The highest BCUT2D eigenvalue weighted by Crippen LogP contribution is 2.39. The van der Waals surface area contributed by atoms with Gasteiger partial charge in [-0.15, -0.1) is 0 Å². The Labute approximate surface area is 187 Å². The Morgan fingerprint density at radius 1 is 1.19 bits per heavy atom. The highest BCUT2D eigenvalue weighted by atomic mass is 19.4. The van der Waals surface area contributed by atoms with E-state index in [0.717, 1.165) is 6.07 Å². The van der Waals surface area contributed by atoms with Crippen molar-refractivity contribution in [2.75, 3.05) is 26.2 Å². The van der Waals surface area contributed by atoms with Gasteiger partial charge in [-0.05, 0) is 58.2 Å². The second-order valence-electron chi connectivity index (χ2n) is 9.04. The molecule has 9 heteroatoms. The molecule has 178 valence electrons. The molecule has 32 heavy (non-hydrogen) atoms. The van der Waals surface area contributed by atoms with Gasteiger partial charge < -0.3 is 9.64 Å². The number of nitrogens with zero attached hydrogens (tertiary/aromatic N) is 3. The first-order chi connectivity index (χ1) is 14.7. The van der Waals surface area contributed by atoms with Crippen LogP contribution in [0.2, 0.25) is 0 Å². The minimum absolute atomic E-state index is 0.0757. The Morgan fingerprint density at radius 3 is 2.38 bits per heavy atom. The third-order valence-corrected chi connectivity index (χ3v) is 5.09. The van der Waals surface area contributed by atoms with Crippen LogP contribution in [0.15, 0.2) is 17.1 Å². The standard InChI is InChI=1S/C23H32F3N3O3/c1-7-17-12-15(2)20(18(13-17)23(24,25)26)27-16(3)8-9-28-10-11-29(14-19(28)30)21(31)32-22(4,5)6/h12-13H,7-11,14H2,1-6H3. The minimum atomic E-state index is -4.50. The van der Waals surface area contributed by atoms with Gasteiger partial charge in [0.25, 0.3) is 0 Å². The van der Waals surface area contributed by atoms with Crippen LogP contribution in [0.5, 0.6) is 0 Å². The van der Waals surface area contributed by atoms with Gasteiger partial charge in [-0.25, -0.2) is 4.79 Å². The summed E-state index contributed by atoms with van der Waals surface area (Å²) in [4.78, 5) is 31.8. The van der Waals surface area contributed by atoms with E-state index >= 15 is 0 Å². The number of rotatable bonds is 5. The molecule has 1 saturated heterocycles. The van der Waals surface area contributed by atoms with E-state index in [4.69, 9.17) is 4.74 Å². The molecule has 0 aliphatic carbocycles. The van der Waals surface area contributed by atoms with Crippen LogP contribution in [-0.2, 0) is 22.1 Å². The number of alkyl halides is 3. The van der Waals surface area contributed by atoms with Crippen LogP contribution in [0.1, 0.15) is 57.7 Å². The lowest BCUT2D eigenvalue weighted by atomic mass is 10.0. The van der Waals surface area contributed by atoms with Crippen LogP contribution < -0.4 is 0 Å². The Kier molecular flexibility index (Phi) is 7.96. The minimum Gasteiger partial charge on any atom is -0.444 e. The van der Waals surface area contributed by atoms with Gasteiger partial charge >= 0.3 is 12.3 Å². The predicted molar refractivity (Wildman–Crippen MR) is 117 cm³/mol. The molecule has 1 heterocycles. The van der Waals surface area contributed by atoms with Crippen LogP contribution >= 0.6 is 0 Å². The number of carbonyl (C=O) groups excluding carboxylic acids is 2. The second kappa shape index (κ2) is 9.92. The van der Waals surface area contributed by atoms with E-state index in [-0.39, 0.29) is 18.1 Å². The van der Waals surface area contributed by atoms with Crippen molar-refractivity contribution in [1.82, 2.24) is 9.80 Å². The maximum absolute atomic E-state index is 13.6. The van der Waals surface area contributed by atoms with E-state index in [9.17, 15) is 22.8 Å². The van der Waals surface area contributed by atoms with E-state index in [1.165, 1.54) is 4.90 Å². The summed E-state index contributed by atoms with van der Waals surface area (Å²) in [6, 6.07) is 2.87. The lowest BCUT2D eigenvalue weighted by Gasteiger charge is -2.35. The molecular formula is C23H32F3N3O3. The molecule has 2 rings (SSSR count). The molecule has 1 aliphatic rings. The van der Waals surface area contributed by atoms with Gasteiger partial charge in [0.15, 0.2) is 0 Å². The number of halogens is 3. The van der Waals surface area contributed by atoms with E-state index in [0.29, 0.717) is 49.3 Å². The molecule has 6 nitrogen and oxygen atoms in total. The number of carbonyl (C=O) groups is 2. The second-order valence-corrected chi connectivity index (χ2v) is 9.04. The highest BCUT2D eigenvalue weighted by Gasteiger charge is 2.35. The first-order valence-corrected chi connectivity index (χ1v) is 10.7. The molecule has 0 unspecified atom stereocenters. The van der Waals surface area contributed by atoms with Gasteiger partial charge in [0.05, 0.1) is 11.3 Å². The quantitative estimate of drug-likeness (QED) is 0.578. The van der Waals surface area contributed by atoms with Crippen LogP contribution in [0.3, 0.4) is 0 Å². The SMILES string of the molecule is CCc1cc(C)c(N=C(C)CCN2CCN(C(=O)OC(C)(C)C)CC2=O)c(C(F)(F)F)c1. The van der Waals surface area contributed by atoms with Gasteiger partial charge in [-0.1, -0.05) is 13.0 Å². The predicted octanol–water partition coefficient (Wildman–Crippen LogP) is 5.14. The normalized spacial score (nSPS) is 15.9. The van der Waals surface area contributed by atoms with Crippen molar-refractivity contribution in [2.24, 2.45) is 4.99 Å². The Balaban J connectivity index is 2.05. The van der Waals surface area contributed by atoms with E-state index < -0.39 is 23.4 Å². The monoisotopic (exact) mass is 455 g/mol. The van der Waals surface area contributed by atoms with Crippen molar-refractivity contribution in [1.29, 1.82) is 0 Å². The first kappa shape index (κ1) is 25.7. The number of benzene rings is 1. The van der Waals surface area contributed by atoms with Crippen molar-refractivity contribution >= 4 is 23.4 Å². The van der Waals surface area contributed by atoms with Crippen LogP contribution in [0.4, 0.5) is 23.7 Å². The van der Waals surface area contributed by atoms with Gasteiger partial charge in [-0.2, -0.15) is 13.2 Å². The molecule has 2 amide bonds. The molecule has 0 radical (unpaired) electrons. The molecule has 0 saturated carbocycles. The molecule has 1 aromatic carbocycles. The van der Waals surface area contributed by atoms with E-state index in [1.54, 1.807) is 45.6 Å². The smallest absolute Gasteiger partial charge is 0.418 e. The van der Waals surface area contributed by atoms with E-state index in [1.807, 2.05) is 6.92 Å². The number of hydrogen-bond acceptors (Lipinski definition) is 4. The topological polar surface area (TPSA) is 62.2 Å². The zero-order chi connectivity index (χ0) is 24.3. The highest BCUT2D eigenvalue weighted by molar-refractivity contribution is 5.87. The van der Waals surface area contributed by atoms with Gasteiger partial charge in [-0.3, -0.25) is 14.7 Å². The first-order valence-electron chi connectivity index (χ1n) is 10.7. The summed E-state index contributed by atoms with van der Waals surface area (Å²) in [5, 5.41) is 0. The van der Waals surface area contributed by atoms with Gasteiger partial charge in [0.2, 0.25) is 5.91 Å². The average Bonchev–Trinajstić information content (AvgIpc) is 2.66. The summed E-state index contributed by atoms with van der Waals surface area (Å²) < 4.78 is 46.0. The Bertz CT molecular complexity index is 889. The number of amides is 2. The zero-order valence-corrected chi connectivity index (χ0v) is 19.6. The van der Waals surface area contributed by atoms with Crippen LogP contribution in [0.25, 0.3) is 0 Å². The van der Waals surface area contributed by atoms with Crippen molar-refractivity contribution in [3.05, 3.63) is 28.8 Å². The third kappa shape index (κ3) is 6.97. The Hall–Kier alpha value is -2.58. The van der Waals surface area contributed by atoms with Crippen molar-refractivity contribution in [2.45, 2.75) is 66.2 Å². The number of ether oxygens (including phenoxy) is 1. The molecule has 1 fully saturated rings. The maximum Gasteiger partial charge on any atom is 0.418 e. The average molecular weight is 456 g/mol.